The summed E-state index contributed by atoms with van der Waals surface area (Å²) in [4.78, 5) is 6.37. The Morgan fingerprint density at radius 1 is 1.24 bits per heavy atom. The zero-order valence-electron chi connectivity index (χ0n) is 14.0. The lowest BCUT2D eigenvalue weighted by Crippen LogP contribution is -2.32. The van der Waals surface area contributed by atoms with E-state index in [0.717, 1.165) is 32.4 Å². The second kappa shape index (κ2) is 7.70. The summed E-state index contributed by atoms with van der Waals surface area (Å²) in [5.74, 6) is 0. The van der Waals surface area contributed by atoms with Gasteiger partial charge in [0.15, 0.2) is 0 Å². The molecule has 3 nitrogen and oxygen atoms in total. The number of hydrogen-bond donors (Lipinski definition) is 1. The van der Waals surface area contributed by atoms with E-state index in [9.17, 15) is 0 Å². The monoisotopic (exact) mass is 310 g/mol. The summed E-state index contributed by atoms with van der Waals surface area (Å²) in [5, 5.41) is 4.75. The average molecular weight is 311 g/mol. The van der Waals surface area contributed by atoms with Gasteiger partial charge in [-0.2, -0.15) is 0 Å². The molecule has 21 heavy (non-hydrogen) atoms. The number of thiazole rings is 1. The van der Waals surface area contributed by atoms with Crippen molar-refractivity contribution in [1.82, 2.24) is 10.3 Å². The summed E-state index contributed by atoms with van der Waals surface area (Å²) in [6.45, 7) is 10.4. The van der Waals surface area contributed by atoms with Crippen LogP contribution in [0.15, 0.2) is 0 Å². The number of hydrogen-bond acceptors (Lipinski definition) is 4. The predicted octanol–water partition coefficient (Wildman–Crippen LogP) is 4.40. The van der Waals surface area contributed by atoms with Crippen molar-refractivity contribution in [3.05, 3.63) is 15.6 Å². The van der Waals surface area contributed by atoms with E-state index in [1.165, 1.54) is 34.8 Å². The van der Waals surface area contributed by atoms with Crippen LogP contribution in [-0.4, -0.2) is 17.6 Å². The van der Waals surface area contributed by atoms with Gasteiger partial charge in [0.05, 0.1) is 5.69 Å². The van der Waals surface area contributed by atoms with E-state index in [4.69, 9.17) is 9.72 Å². The van der Waals surface area contributed by atoms with Crippen molar-refractivity contribution in [2.75, 3.05) is 6.61 Å². The van der Waals surface area contributed by atoms with Crippen molar-refractivity contribution in [1.29, 1.82) is 0 Å². The highest BCUT2D eigenvalue weighted by Gasteiger charge is 2.38. The Morgan fingerprint density at radius 3 is 2.52 bits per heavy atom. The maximum atomic E-state index is 6.22. The van der Waals surface area contributed by atoms with Crippen LogP contribution in [0.2, 0.25) is 0 Å². The third-order valence-corrected chi connectivity index (χ3v) is 5.54. The molecule has 1 aromatic heterocycles. The molecule has 0 aromatic carbocycles. The summed E-state index contributed by atoms with van der Waals surface area (Å²) in [7, 11) is 0. The van der Waals surface area contributed by atoms with Gasteiger partial charge in [-0.3, -0.25) is 0 Å². The second-order valence-electron chi connectivity index (χ2n) is 6.27. The van der Waals surface area contributed by atoms with Gasteiger partial charge in [-0.1, -0.05) is 40.0 Å². The highest BCUT2D eigenvalue weighted by atomic mass is 32.1. The maximum Gasteiger partial charge on any atom is 0.125 e. The Hall–Kier alpha value is -0.450. The first kappa shape index (κ1) is 16.9. The van der Waals surface area contributed by atoms with Crippen LogP contribution >= 0.6 is 11.3 Å². The van der Waals surface area contributed by atoms with Gasteiger partial charge < -0.3 is 10.1 Å². The SMILES string of the molecule is CCOC1(c2nc(CC)c(CNC(C)C)s2)CCCCC1. The lowest BCUT2D eigenvalue weighted by molar-refractivity contribution is -0.0705. The third kappa shape index (κ3) is 4.05. The van der Waals surface area contributed by atoms with E-state index in [1.54, 1.807) is 0 Å². The maximum absolute atomic E-state index is 6.22. The number of ether oxygens (including phenoxy) is 1. The highest BCUT2D eigenvalue weighted by molar-refractivity contribution is 7.11. The van der Waals surface area contributed by atoms with E-state index in [-0.39, 0.29) is 5.60 Å². The van der Waals surface area contributed by atoms with E-state index >= 15 is 0 Å². The zero-order chi connectivity index (χ0) is 15.3. The van der Waals surface area contributed by atoms with Crippen LogP contribution in [0.4, 0.5) is 0 Å². The molecule has 1 aliphatic rings. The minimum atomic E-state index is -0.0995. The number of nitrogens with zero attached hydrogens (tertiary/aromatic N) is 1. The molecule has 0 spiro atoms. The van der Waals surface area contributed by atoms with Crippen molar-refractivity contribution in [2.24, 2.45) is 0 Å². The normalized spacial score (nSPS) is 18.3. The molecule has 1 N–H and O–H groups in total. The van der Waals surface area contributed by atoms with Crippen LogP contribution < -0.4 is 5.32 Å². The molecule has 0 bridgehead atoms. The van der Waals surface area contributed by atoms with Crippen molar-refractivity contribution in [3.8, 4) is 0 Å². The summed E-state index contributed by atoms with van der Waals surface area (Å²) >= 11 is 1.87. The number of aromatic nitrogens is 1. The molecule has 4 heteroatoms. The van der Waals surface area contributed by atoms with Gasteiger partial charge in [0.1, 0.15) is 10.6 Å². The minimum Gasteiger partial charge on any atom is -0.368 e. The molecule has 1 aromatic rings. The second-order valence-corrected chi connectivity index (χ2v) is 7.35. The molecule has 0 unspecified atom stereocenters. The van der Waals surface area contributed by atoms with Crippen LogP contribution in [-0.2, 0) is 23.3 Å². The van der Waals surface area contributed by atoms with Gasteiger partial charge in [0.25, 0.3) is 0 Å². The fourth-order valence-corrected chi connectivity index (χ4v) is 4.41. The number of rotatable bonds is 7. The smallest absolute Gasteiger partial charge is 0.125 e. The molecule has 0 radical (unpaired) electrons. The highest BCUT2D eigenvalue weighted by Crippen LogP contribution is 2.43. The molecule has 1 saturated carbocycles. The minimum absolute atomic E-state index is 0.0995. The van der Waals surface area contributed by atoms with Crippen LogP contribution in [0.3, 0.4) is 0 Å². The molecule has 0 atom stereocenters. The quantitative estimate of drug-likeness (QED) is 0.810. The van der Waals surface area contributed by atoms with Crippen molar-refractivity contribution in [3.63, 3.8) is 0 Å². The molecule has 1 heterocycles. The van der Waals surface area contributed by atoms with Crippen molar-refractivity contribution in [2.45, 2.75) is 84.4 Å². The Bertz CT molecular complexity index is 430. The van der Waals surface area contributed by atoms with Crippen LogP contribution in [0.5, 0.6) is 0 Å². The first-order valence-corrected chi connectivity index (χ1v) is 9.29. The topological polar surface area (TPSA) is 34.1 Å². The summed E-state index contributed by atoms with van der Waals surface area (Å²) in [6, 6.07) is 0.510. The van der Waals surface area contributed by atoms with Crippen LogP contribution in [0.25, 0.3) is 0 Å². The molecule has 1 fully saturated rings. The van der Waals surface area contributed by atoms with E-state index in [0.29, 0.717) is 6.04 Å². The van der Waals surface area contributed by atoms with E-state index < -0.39 is 0 Å². The average Bonchev–Trinajstić information content (AvgIpc) is 2.90. The molecule has 0 saturated heterocycles. The standard InChI is InChI=1S/C17H30N2OS/c1-5-14-15(12-18-13(3)4)21-16(19-14)17(20-6-2)10-8-7-9-11-17/h13,18H,5-12H2,1-4H3. The first-order valence-electron chi connectivity index (χ1n) is 8.47. The van der Waals surface area contributed by atoms with Crippen molar-refractivity contribution < 1.29 is 4.74 Å². The lowest BCUT2D eigenvalue weighted by Gasteiger charge is -2.35. The van der Waals surface area contributed by atoms with Crippen LogP contribution in [0, 0.1) is 0 Å². The number of nitrogens with one attached hydrogen (secondary N) is 1. The summed E-state index contributed by atoms with van der Waals surface area (Å²) in [6.07, 6.45) is 7.14. The molecule has 120 valence electrons. The molecule has 2 rings (SSSR count). The Morgan fingerprint density at radius 2 is 1.95 bits per heavy atom. The van der Waals surface area contributed by atoms with Gasteiger partial charge in [-0.05, 0) is 26.2 Å². The molecular formula is C17H30N2OS. The fourth-order valence-electron chi connectivity index (χ4n) is 3.11. The van der Waals surface area contributed by atoms with Gasteiger partial charge >= 0.3 is 0 Å². The largest absolute Gasteiger partial charge is 0.368 e. The Labute approximate surface area is 133 Å². The fraction of sp³-hybridized carbons (Fsp3) is 0.824. The Balaban J connectivity index is 2.24. The predicted molar refractivity (Wildman–Crippen MR) is 89.9 cm³/mol. The van der Waals surface area contributed by atoms with Crippen LogP contribution in [0.1, 0.15) is 75.4 Å². The Kier molecular flexibility index (Phi) is 6.20. The van der Waals surface area contributed by atoms with Gasteiger partial charge in [0.2, 0.25) is 0 Å². The summed E-state index contributed by atoms with van der Waals surface area (Å²) in [5.41, 5.74) is 1.16. The van der Waals surface area contributed by atoms with E-state index in [1.807, 2.05) is 11.3 Å². The first-order chi connectivity index (χ1) is 10.1. The van der Waals surface area contributed by atoms with Gasteiger partial charge in [-0.25, -0.2) is 4.98 Å². The van der Waals surface area contributed by atoms with E-state index in [2.05, 4.69) is 33.0 Å². The molecular weight excluding hydrogens is 280 g/mol. The summed E-state index contributed by atoms with van der Waals surface area (Å²) < 4.78 is 6.22. The van der Waals surface area contributed by atoms with Gasteiger partial charge in [-0.15, -0.1) is 11.3 Å². The molecule has 0 amide bonds. The zero-order valence-corrected chi connectivity index (χ0v) is 14.8. The number of aryl methyl sites for hydroxylation is 1. The molecule has 0 aliphatic heterocycles. The third-order valence-electron chi connectivity index (χ3n) is 4.26. The van der Waals surface area contributed by atoms with Crippen molar-refractivity contribution >= 4 is 11.3 Å². The van der Waals surface area contributed by atoms with Gasteiger partial charge in [0, 0.05) is 24.1 Å². The lowest BCUT2D eigenvalue weighted by atomic mass is 9.85. The molecule has 1 aliphatic carbocycles.